The number of hydrogen-bond acceptors (Lipinski definition) is 4. The molecule has 0 radical (unpaired) electrons. The minimum atomic E-state index is -3.65. The first-order valence-electron chi connectivity index (χ1n) is 8.94. The molecule has 1 aromatic rings. The van der Waals surface area contributed by atoms with E-state index in [0.717, 1.165) is 30.6 Å². The molecule has 1 heterocycles. The third-order valence-electron chi connectivity index (χ3n) is 5.46. The quantitative estimate of drug-likeness (QED) is 0.714. The van der Waals surface area contributed by atoms with E-state index >= 15 is 0 Å². The van der Waals surface area contributed by atoms with Crippen LogP contribution in [0.1, 0.15) is 46.0 Å². The molecule has 1 spiro atoms. The van der Waals surface area contributed by atoms with Crippen molar-refractivity contribution in [2.45, 2.75) is 50.8 Å². The third-order valence-corrected chi connectivity index (χ3v) is 7.81. The van der Waals surface area contributed by atoms with Gasteiger partial charge in [0.1, 0.15) is 0 Å². The summed E-state index contributed by atoms with van der Waals surface area (Å²) in [4.78, 5) is 26.6. The van der Waals surface area contributed by atoms with Gasteiger partial charge in [0, 0.05) is 19.5 Å². The van der Waals surface area contributed by atoms with E-state index in [1.165, 1.54) is 22.5 Å². The van der Waals surface area contributed by atoms with E-state index in [-0.39, 0.29) is 33.8 Å². The van der Waals surface area contributed by atoms with Gasteiger partial charge in [0.25, 0.3) is 0 Å². The summed E-state index contributed by atoms with van der Waals surface area (Å²) in [6.07, 6.45) is 3.55. The molecule has 26 heavy (non-hydrogen) atoms. The van der Waals surface area contributed by atoms with Crippen LogP contribution in [0.2, 0.25) is 5.02 Å². The van der Waals surface area contributed by atoms with Crippen LogP contribution in [0.4, 0.5) is 5.69 Å². The highest BCUT2D eigenvalue weighted by Gasteiger charge is 2.53. The Balaban J connectivity index is 1.96. The number of hydrogen-bond donors (Lipinski definition) is 0. The number of carbonyl (C=O) groups excluding carboxylic acids is 2. The van der Waals surface area contributed by atoms with E-state index in [9.17, 15) is 18.0 Å². The number of nitrogens with zero attached hydrogens (tertiary/aromatic N) is 2. The minimum absolute atomic E-state index is 0.0598. The Labute approximate surface area is 159 Å². The van der Waals surface area contributed by atoms with Crippen molar-refractivity contribution in [2.24, 2.45) is 5.41 Å². The maximum absolute atomic E-state index is 12.9. The number of amides is 2. The summed E-state index contributed by atoms with van der Waals surface area (Å²) in [6.45, 7) is 4.23. The number of sulfonamides is 1. The zero-order chi connectivity index (χ0) is 19.1. The Hall–Kier alpha value is -1.44. The smallest absolute Gasteiger partial charge is 0.243 e. The second kappa shape index (κ2) is 6.94. The van der Waals surface area contributed by atoms with Crippen molar-refractivity contribution in [3.05, 3.63) is 23.2 Å². The summed E-state index contributed by atoms with van der Waals surface area (Å²) in [5.74, 6) is -0.473. The Morgan fingerprint density at radius 1 is 1.15 bits per heavy atom. The van der Waals surface area contributed by atoms with Gasteiger partial charge in [0.05, 0.1) is 21.0 Å². The largest absolute Gasteiger partial charge is 0.274 e. The molecule has 1 aliphatic carbocycles. The van der Waals surface area contributed by atoms with Crippen molar-refractivity contribution in [3.8, 4) is 0 Å². The fourth-order valence-corrected chi connectivity index (χ4v) is 5.84. The Morgan fingerprint density at radius 3 is 2.31 bits per heavy atom. The number of anilines is 1. The molecule has 0 atom stereocenters. The molecule has 1 aliphatic heterocycles. The molecule has 2 fully saturated rings. The molecule has 1 saturated heterocycles. The van der Waals surface area contributed by atoms with Crippen LogP contribution in [0.25, 0.3) is 0 Å². The van der Waals surface area contributed by atoms with Crippen LogP contribution in [-0.4, -0.2) is 37.6 Å². The van der Waals surface area contributed by atoms with Gasteiger partial charge in [-0.1, -0.05) is 38.3 Å². The molecule has 8 heteroatoms. The van der Waals surface area contributed by atoms with E-state index in [1.807, 2.05) is 0 Å². The first kappa shape index (κ1) is 19.3. The zero-order valence-electron chi connectivity index (χ0n) is 15.0. The molecular formula is C18H23ClN2O4S. The van der Waals surface area contributed by atoms with Crippen molar-refractivity contribution < 1.29 is 18.0 Å². The lowest BCUT2D eigenvalue weighted by molar-refractivity contribution is -0.125. The number of rotatable bonds is 5. The lowest BCUT2D eigenvalue weighted by Crippen LogP contribution is -2.34. The van der Waals surface area contributed by atoms with E-state index in [0.29, 0.717) is 13.1 Å². The predicted molar refractivity (Wildman–Crippen MR) is 99.6 cm³/mol. The summed E-state index contributed by atoms with van der Waals surface area (Å²) < 4.78 is 26.6. The van der Waals surface area contributed by atoms with Crippen molar-refractivity contribution in [1.29, 1.82) is 0 Å². The van der Waals surface area contributed by atoms with Crippen LogP contribution in [0.3, 0.4) is 0 Å². The average Bonchev–Trinajstić information content (AvgIpc) is 3.15. The van der Waals surface area contributed by atoms with Gasteiger partial charge in [-0.05, 0) is 31.0 Å². The van der Waals surface area contributed by atoms with Crippen molar-refractivity contribution in [2.75, 3.05) is 18.0 Å². The summed E-state index contributed by atoms with van der Waals surface area (Å²) in [5, 5.41) is 0.0926. The van der Waals surface area contributed by atoms with Gasteiger partial charge >= 0.3 is 0 Å². The molecule has 0 aromatic heterocycles. The molecule has 0 bridgehead atoms. The summed E-state index contributed by atoms with van der Waals surface area (Å²) >= 11 is 6.30. The van der Waals surface area contributed by atoms with Gasteiger partial charge in [0.2, 0.25) is 21.8 Å². The monoisotopic (exact) mass is 398 g/mol. The van der Waals surface area contributed by atoms with Crippen LogP contribution in [0.5, 0.6) is 0 Å². The van der Waals surface area contributed by atoms with Crippen molar-refractivity contribution in [1.82, 2.24) is 4.31 Å². The lowest BCUT2D eigenvalue weighted by atomic mass is 9.84. The first-order valence-corrected chi connectivity index (χ1v) is 10.8. The summed E-state index contributed by atoms with van der Waals surface area (Å²) in [7, 11) is -3.65. The zero-order valence-corrected chi connectivity index (χ0v) is 16.6. The second-order valence-corrected chi connectivity index (χ2v) is 9.25. The number of carbonyl (C=O) groups is 2. The van der Waals surface area contributed by atoms with Crippen LogP contribution in [0.15, 0.2) is 23.1 Å². The third kappa shape index (κ3) is 2.96. The van der Waals surface area contributed by atoms with Crippen LogP contribution in [0, 0.1) is 5.41 Å². The molecule has 0 unspecified atom stereocenters. The van der Waals surface area contributed by atoms with Crippen molar-refractivity contribution in [3.63, 3.8) is 0 Å². The molecule has 0 N–H and O–H groups in total. The fraction of sp³-hybridized carbons (Fsp3) is 0.556. The molecule has 2 aliphatic rings. The molecular weight excluding hydrogens is 376 g/mol. The molecule has 142 valence electrons. The highest BCUT2D eigenvalue weighted by Crippen LogP contribution is 2.48. The minimum Gasteiger partial charge on any atom is -0.274 e. The highest BCUT2D eigenvalue weighted by molar-refractivity contribution is 7.89. The van der Waals surface area contributed by atoms with E-state index in [1.54, 1.807) is 13.8 Å². The van der Waals surface area contributed by atoms with Gasteiger partial charge in [-0.15, -0.1) is 0 Å². The topological polar surface area (TPSA) is 74.8 Å². The fourth-order valence-electron chi connectivity index (χ4n) is 4.02. The maximum atomic E-state index is 12.9. The summed E-state index contributed by atoms with van der Waals surface area (Å²) in [6, 6.07) is 4.20. The van der Waals surface area contributed by atoms with Gasteiger partial charge in [0.15, 0.2) is 0 Å². The number of halogens is 1. The SMILES string of the molecule is CCN(CC)S(=O)(=O)c1ccc(N2C(=O)CC3(CCCC3)C2=O)c(Cl)c1. The molecule has 1 saturated carbocycles. The molecule has 6 nitrogen and oxygen atoms in total. The van der Waals surface area contributed by atoms with Gasteiger partial charge in [-0.3, -0.25) is 9.59 Å². The Bertz CT molecular complexity index is 843. The second-order valence-electron chi connectivity index (χ2n) is 6.90. The summed E-state index contributed by atoms with van der Waals surface area (Å²) in [5.41, 5.74) is -0.323. The number of benzene rings is 1. The first-order chi connectivity index (χ1) is 12.3. The van der Waals surface area contributed by atoms with Gasteiger partial charge in [-0.25, -0.2) is 13.3 Å². The average molecular weight is 399 g/mol. The highest BCUT2D eigenvalue weighted by atomic mass is 35.5. The Morgan fingerprint density at radius 2 is 1.77 bits per heavy atom. The van der Waals surface area contributed by atoms with Crippen molar-refractivity contribution >= 4 is 39.1 Å². The van der Waals surface area contributed by atoms with Gasteiger partial charge in [-0.2, -0.15) is 4.31 Å². The molecule has 3 rings (SSSR count). The molecule has 1 aromatic carbocycles. The van der Waals surface area contributed by atoms with Crippen LogP contribution in [-0.2, 0) is 19.6 Å². The lowest BCUT2D eigenvalue weighted by Gasteiger charge is -2.22. The predicted octanol–water partition coefficient (Wildman–Crippen LogP) is 3.19. The van der Waals surface area contributed by atoms with E-state index in [2.05, 4.69) is 0 Å². The van der Waals surface area contributed by atoms with E-state index < -0.39 is 15.4 Å². The maximum Gasteiger partial charge on any atom is 0.243 e. The number of imide groups is 1. The normalized spacial score (nSPS) is 19.9. The van der Waals surface area contributed by atoms with Crippen LogP contribution >= 0.6 is 11.6 Å². The van der Waals surface area contributed by atoms with Gasteiger partial charge < -0.3 is 0 Å². The van der Waals surface area contributed by atoms with E-state index in [4.69, 9.17) is 11.6 Å². The standard InChI is InChI=1S/C18H23ClN2O4S/c1-3-20(4-2)26(24,25)13-7-8-15(14(19)11-13)21-16(22)12-18(17(21)23)9-5-6-10-18/h7-8,11H,3-6,9-10,12H2,1-2H3. The van der Waals surface area contributed by atoms with Crippen LogP contribution < -0.4 is 4.90 Å². The molecule has 2 amide bonds. The Kier molecular flexibility index (Phi) is 5.16.